The van der Waals surface area contributed by atoms with E-state index in [1.807, 2.05) is 6.92 Å². The molecule has 3 fully saturated rings. The molecule has 34 heavy (non-hydrogen) atoms. The molecule has 2 aliphatic heterocycles. The molecule has 0 unspecified atom stereocenters. The van der Waals surface area contributed by atoms with Crippen LogP contribution in [0.25, 0.3) is 22.8 Å². The lowest BCUT2D eigenvalue weighted by Gasteiger charge is -2.48. The number of phenolic OH excluding ortho intramolecular Hbond substituents is 1. The number of phenols is 1. The van der Waals surface area contributed by atoms with E-state index in [2.05, 4.69) is 47.7 Å². The summed E-state index contributed by atoms with van der Waals surface area (Å²) in [5, 5.41) is 34.8. The van der Waals surface area contributed by atoms with Crippen molar-refractivity contribution in [2.75, 3.05) is 4.90 Å². The molecule has 2 aromatic heterocycles. The van der Waals surface area contributed by atoms with Crippen LogP contribution < -0.4 is 10.2 Å². The zero-order valence-corrected chi connectivity index (χ0v) is 19.5. The van der Waals surface area contributed by atoms with Crippen molar-refractivity contribution in [3.8, 4) is 28.5 Å². The summed E-state index contributed by atoms with van der Waals surface area (Å²) >= 11 is 0. The number of piperidine rings is 1. The maximum atomic E-state index is 15.8. The quantitative estimate of drug-likeness (QED) is 0.586. The Morgan fingerprint density at radius 3 is 2.62 bits per heavy atom. The van der Waals surface area contributed by atoms with Crippen LogP contribution in [0.1, 0.15) is 46.0 Å². The molecule has 3 aliphatic rings. The summed E-state index contributed by atoms with van der Waals surface area (Å²) in [5.74, 6) is 1.31. The summed E-state index contributed by atoms with van der Waals surface area (Å²) in [7, 11) is 1.68. The molecule has 2 saturated heterocycles. The van der Waals surface area contributed by atoms with E-state index in [1.165, 1.54) is 4.80 Å². The highest BCUT2D eigenvalue weighted by molar-refractivity contribution is 5.70. The van der Waals surface area contributed by atoms with Crippen LogP contribution in [0.4, 0.5) is 10.2 Å². The van der Waals surface area contributed by atoms with Crippen molar-refractivity contribution in [3.63, 3.8) is 0 Å². The van der Waals surface area contributed by atoms with Crippen molar-refractivity contribution >= 4 is 5.82 Å². The van der Waals surface area contributed by atoms with Crippen LogP contribution in [0.3, 0.4) is 0 Å². The zero-order chi connectivity index (χ0) is 23.7. The second kappa shape index (κ2) is 7.39. The van der Waals surface area contributed by atoms with Crippen molar-refractivity contribution in [2.45, 2.75) is 75.3 Å². The lowest BCUT2D eigenvalue weighted by Crippen LogP contribution is -2.66. The smallest absolute Gasteiger partial charge is 0.205 e. The van der Waals surface area contributed by atoms with Crippen LogP contribution in [-0.2, 0) is 7.05 Å². The van der Waals surface area contributed by atoms with Crippen LogP contribution in [0.5, 0.6) is 5.75 Å². The minimum atomic E-state index is -1.00. The van der Waals surface area contributed by atoms with E-state index >= 15 is 4.39 Å². The third-order valence-corrected chi connectivity index (χ3v) is 7.51. The third kappa shape index (κ3) is 3.49. The van der Waals surface area contributed by atoms with Gasteiger partial charge in [0.2, 0.25) is 5.82 Å². The number of hydrogen-bond donors (Lipinski definition) is 2. The summed E-state index contributed by atoms with van der Waals surface area (Å²) in [4.78, 5) is 7.96. The largest absolute Gasteiger partial charge is 0.507 e. The predicted molar refractivity (Wildman–Crippen MR) is 123 cm³/mol. The predicted octanol–water partition coefficient (Wildman–Crippen LogP) is 2.41. The topological polar surface area (TPSA) is 118 Å². The van der Waals surface area contributed by atoms with Gasteiger partial charge in [0.1, 0.15) is 11.9 Å². The molecule has 178 valence electrons. The molecule has 4 heterocycles. The minimum absolute atomic E-state index is 0.00171. The highest BCUT2D eigenvalue weighted by Gasteiger charge is 2.58. The number of aromatic hydroxyl groups is 1. The number of halogens is 1. The maximum absolute atomic E-state index is 15.8. The van der Waals surface area contributed by atoms with Crippen molar-refractivity contribution < 1.29 is 9.50 Å². The first-order chi connectivity index (χ1) is 16.2. The second-order valence-electron chi connectivity index (χ2n) is 10.4. The Kier molecular flexibility index (Phi) is 4.64. The molecule has 10 nitrogen and oxygen atoms in total. The molecule has 4 atom stereocenters. The van der Waals surface area contributed by atoms with E-state index in [1.54, 1.807) is 31.4 Å². The first kappa shape index (κ1) is 21.3. The fraction of sp³-hybridized carbons (Fsp3) is 0.565. The highest BCUT2D eigenvalue weighted by atomic mass is 19.1. The van der Waals surface area contributed by atoms with Crippen LogP contribution in [0.15, 0.2) is 24.4 Å². The van der Waals surface area contributed by atoms with Gasteiger partial charge in [-0.2, -0.15) is 4.80 Å². The Balaban J connectivity index is 1.28. The summed E-state index contributed by atoms with van der Waals surface area (Å²) in [5.41, 5.74) is 0.502. The molecule has 2 bridgehead atoms. The Morgan fingerprint density at radius 2 is 1.97 bits per heavy atom. The van der Waals surface area contributed by atoms with Crippen molar-refractivity contribution in [2.24, 2.45) is 7.05 Å². The summed E-state index contributed by atoms with van der Waals surface area (Å²) < 4.78 is 15.8. The fourth-order valence-electron chi connectivity index (χ4n) is 5.69. The molecule has 2 N–H and O–H groups in total. The molecule has 3 aromatic rings. The number of fused-ring (bicyclic) bond motifs is 2. The normalized spacial score (nSPS) is 30.5. The van der Waals surface area contributed by atoms with Gasteiger partial charge in [0.05, 0.1) is 24.8 Å². The van der Waals surface area contributed by atoms with E-state index in [0.29, 0.717) is 28.6 Å². The van der Waals surface area contributed by atoms with Crippen molar-refractivity contribution in [3.05, 3.63) is 24.4 Å². The first-order valence-electron chi connectivity index (χ1n) is 11.7. The van der Waals surface area contributed by atoms with Crippen LogP contribution >= 0.6 is 0 Å². The molecule has 1 aromatic carbocycles. The lowest BCUT2D eigenvalue weighted by molar-refractivity contribution is 0.0831. The Bertz CT molecular complexity index is 1230. The van der Waals surface area contributed by atoms with E-state index in [0.717, 1.165) is 32.1 Å². The first-order valence-corrected chi connectivity index (χ1v) is 11.7. The van der Waals surface area contributed by atoms with E-state index in [4.69, 9.17) is 0 Å². The highest BCUT2D eigenvalue weighted by Crippen LogP contribution is 2.47. The number of alkyl halides is 1. The molecular weight excluding hydrogens is 437 g/mol. The standard InChI is InChI=1S/C23H28FN9O/c1-22-8-9-23(2,30-22)19(24)16(11-22)33(14-5-6-14)18-12-25-21(27-26-18)15-7-4-13(10-17(15)34)20-28-31-32(3)29-20/h4,7,10,12,14,16,19,30,34H,5-6,8-9,11H2,1-3H3/t16-,19-,22-,23+/m0/s1. The summed E-state index contributed by atoms with van der Waals surface area (Å²) in [6.07, 6.45) is 5.22. The molecule has 1 aliphatic carbocycles. The summed E-state index contributed by atoms with van der Waals surface area (Å²) in [6, 6.07) is 5.04. The molecule has 6 rings (SSSR count). The van der Waals surface area contributed by atoms with E-state index in [9.17, 15) is 5.11 Å². The van der Waals surface area contributed by atoms with E-state index in [-0.39, 0.29) is 23.4 Å². The molecular formula is C23H28FN9O. The molecule has 0 spiro atoms. The van der Waals surface area contributed by atoms with Gasteiger partial charge in [0.15, 0.2) is 11.6 Å². The molecule has 11 heteroatoms. The number of nitrogens with zero attached hydrogens (tertiary/aromatic N) is 8. The van der Waals surface area contributed by atoms with Gasteiger partial charge >= 0.3 is 0 Å². The van der Waals surface area contributed by atoms with Gasteiger partial charge in [-0.25, -0.2) is 9.37 Å². The third-order valence-electron chi connectivity index (χ3n) is 7.51. The second-order valence-corrected chi connectivity index (χ2v) is 10.4. The average molecular weight is 466 g/mol. The number of anilines is 1. The zero-order valence-electron chi connectivity index (χ0n) is 19.5. The average Bonchev–Trinajstić information content (AvgIpc) is 3.48. The number of aryl methyl sites for hydroxylation is 1. The van der Waals surface area contributed by atoms with Crippen LogP contribution in [0, 0.1) is 0 Å². The van der Waals surface area contributed by atoms with Gasteiger partial charge in [-0.15, -0.1) is 20.4 Å². The van der Waals surface area contributed by atoms with Crippen molar-refractivity contribution in [1.82, 2.24) is 40.7 Å². The minimum Gasteiger partial charge on any atom is -0.507 e. The van der Waals surface area contributed by atoms with Gasteiger partial charge in [0, 0.05) is 22.7 Å². The monoisotopic (exact) mass is 465 g/mol. The van der Waals surface area contributed by atoms with Crippen molar-refractivity contribution in [1.29, 1.82) is 0 Å². The summed E-state index contributed by atoms with van der Waals surface area (Å²) in [6.45, 7) is 4.19. The maximum Gasteiger partial charge on any atom is 0.205 e. The fourth-order valence-corrected chi connectivity index (χ4v) is 5.69. The Labute approximate surface area is 196 Å². The number of benzene rings is 1. The van der Waals surface area contributed by atoms with Gasteiger partial charge in [0.25, 0.3) is 0 Å². The van der Waals surface area contributed by atoms with Gasteiger partial charge in [-0.3, -0.25) is 0 Å². The Morgan fingerprint density at radius 1 is 1.15 bits per heavy atom. The number of rotatable bonds is 5. The van der Waals surface area contributed by atoms with Gasteiger partial charge < -0.3 is 15.3 Å². The van der Waals surface area contributed by atoms with E-state index < -0.39 is 11.7 Å². The number of hydrogen-bond acceptors (Lipinski definition) is 9. The number of tetrazole rings is 1. The number of nitrogens with one attached hydrogen (secondary N) is 1. The van der Waals surface area contributed by atoms with Crippen LogP contribution in [0.2, 0.25) is 0 Å². The van der Waals surface area contributed by atoms with Gasteiger partial charge in [-0.05, 0) is 63.3 Å². The molecule has 1 saturated carbocycles. The number of aromatic nitrogens is 7. The molecule has 0 amide bonds. The lowest BCUT2D eigenvalue weighted by atomic mass is 9.82. The molecule has 0 radical (unpaired) electrons. The SMILES string of the molecule is Cn1nnc(-c2ccc(-c3ncc(N(C4CC4)[C@H]4C[C@]5(C)CC[C@@](C)(N5)[C@H]4F)nn3)c(O)c2)n1. The van der Waals surface area contributed by atoms with Gasteiger partial charge in [-0.1, -0.05) is 6.07 Å². The Hall–Kier alpha value is -3.21. The van der Waals surface area contributed by atoms with Crippen LogP contribution in [-0.4, -0.2) is 69.8 Å².